The highest BCUT2D eigenvalue weighted by Gasteiger charge is 2.21. The van der Waals surface area contributed by atoms with Gasteiger partial charge in [-0.05, 0) is 38.2 Å². The predicted molar refractivity (Wildman–Crippen MR) is 72.9 cm³/mol. The highest BCUT2D eigenvalue weighted by atomic mass is 16.6. The van der Waals surface area contributed by atoms with E-state index in [4.69, 9.17) is 0 Å². The van der Waals surface area contributed by atoms with Crippen LogP contribution in [0.25, 0.3) is 0 Å². The summed E-state index contributed by atoms with van der Waals surface area (Å²) in [6.45, 7) is 2.04. The molecular formula is C14H20N2O3. The summed E-state index contributed by atoms with van der Waals surface area (Å²) in [7, 11) is 0. The van der Waals surface area contributed by atoms with Crippen LogP contribution < -0.4 is 5.32 Å². The van der Waals surface area contributed by atoms with E-state index in [1.54, 1.807) is 12.1 Å². The minimum absolute atomic E-state index is 0.115. The fourth-order valence-corrected chi connectivity index (χ4v) is 2.65. The Kier molecular flexibility index (Phi) is 4.50. The zero-order valence-electron chi connectivity index (χ0n) is 11.1. The molecule has 0 radical (unpaired) electrons. The van der Waals surface area contributed by atoms with Crippen molar-refractivity contribution in [3.8, 4) is 0 Å². The molecule has 0 saturated heterocycles. The summed E-state index contributed by atoms with van der Waals surface area (Å²) in [4.78, 5) is 10.2. The lowest BCUT2D eigenvalue weighted by atomic mass is 9.92. The van der Waals surface area contributed by atoms with Crippen LogP contribution in [-0.4, -0.2) is 22.2 Å². The first-order valence-electron chi connectivity index (χ1n) is 6.74. The maximum atomic E-state index is 10.6. The highest BCUT2D eigenvalue weighted by molar-refractivity contribution is 5.34. The largest absolute Gasteiger partial charge is 0.393 e. The highest BCUT2D eigenvalue weighted by Crippen LogP contribution is 2.23. The molecule has 5 heteroatoms. The van der Waals surface area contributed by atoms with Crippen LogP contribution in [0.5, 0.6) is 0 Å². The molecule has 3 atom stereocenters. The smallest absolute Gasteiger partial charge is 0.269 e. The molecule has 0 amide bonds. The first-order chi connectivity index (χ1) is 9.06. The van der Waals surface area contributed by atoms with E-state index in [2.05, 4.69) is 5.32 Å². The molecule has 19 heavy (non-hydrogen) atoms. The summed E-state index contributed by atoms with van der Waals surface area (Å²) in [5.74, 6) is 0. The lowest BCUT2D eigenvalue weighted by Crippen LogP contribution is -2.37. The van der Waals surface area contributed by atoms with Crippen molar-refractivity contribution < 1.29 is 10.0 Å². The Labute approximate surface area is 112 Å². The number of nitrogens with zero attached hydrogens (tertiary/aromatic N) is 1. The molecule has 1 aromatic carbocycles. The van der Waals surface area contributed by atoms with Crippen LogP contribution in [0.4, 0.5) is 5.69 Å². The van der Waals surface area contributed by atoms with Crippen molar-refractivity contribution in [1.29, 1.82) is 0 Å². The maximum Gasteiger partial charge on any atom is 0.269 e. The lowest BCUT2D eigenvalue weighted by Gasteiger charge is -2.29. The van der Waals surface area contributed by atoms with E-state index >= 15 is 0 Å². The molecule has 0 aromatic heterocycles. The molecule has 3 unspecified atom stereocenters. The molecule has 104 valence electrons. The number of nitrogens with one attached hydrogen (secondary N) is 1. The van der Waals surface area contributed by atoms with Crippen LogP contribution in [0.2, 0.25) is 0 Å². The summed E-state index contributed by atoms with van der Waals surface area (Å²) in [6, 6.07) is 7.10. The third-order valence-electron chi connectivity index (χ3n) is 3.74. The van der Waals surface area contributed by atoms with Crippen molar-refractivity contribution in [2.45, 2.75) is 50.8 Å². The third kappa shape index (κ3) is 3.75. The number of aliphatic hydroxyl groups is 1. The Morgan fingerprint density at radius 1 is 1.37 bits per heavy atom. The van der Waals surface area contributed by atoms with Crippen molar-refractivity contribution in [3.63, 3.8) is 0 Å². The van der Waals surface area contributed by atoms with Gasteiger partial charge in [0.15, 0.2) is 0 Å². The lowest BCUT2D eigenvalue weighted by molar-refractivity contribution is -0.384. The average Bonchev–Trinajstić information content (AvgIpc) is 2.39. The zero-order chi connectivity index (χ0) is 13.8. The summed E-state index contributed by atoms with van der Waals surface area (Å²) in [5.41, 5.74) is 1.15. The molecule has 1 aliphatic rings. The van der Waals surface area contributed by atoms with Gasteiger partial charge in [0.1, 0.15) is 0 Å². The van der Waals surface area contributed by atoms with E-state index in [9.17, 15) is 15.2 Å². The molecule has 0 aliphatic heterocycles. The summed E-state index contributed by atoms with van der Waals surface area (Å²) in [6.07, 6.45) is 3.61. The molecule has 0 bridgehead atoms. The summed E-state index contributed by atoms with van der Waals surface area (Å²) >= 11 is 0. The molecule has 0 heterocycles. The monoisotopic (exact) mass is 264 g/mol. The van der Waals surface area contributed by atoms with Gasteiger partial charge in [0.2, 0.25) is 0 Å². The van der Waals surface area contributed by atoms with Crippen LogP contribution in [0, 0.1) is 10.1 Å². The predicted octanol–water partition coefficient (Wildman–Crippen LogP) is 2.55. The normalized spacial score (nSPS) is 24.9. The fraction of sp³-hybridized carbons (Fsp3) is 0.571. The average molecular weight is 264 g/mol. The molecule has 1 aliphatic carbocycles. The summed E-state index contributed by atoms with van der Waals surface area (Å²) < 4.78 is 0. The number of hydrogen-bond donors (Lipinski definition) is 2. The van der Waals surface area contributed by atoms with Gasteiger partial charge < -0.3 is 10.4 Å². The van der Waals surface area contributed by atoms with Crippen molar-refractivity contribution in [2.75, 3.05) is 0 Å². The van der Waals surface area contributed by atoms with Gasteiger partial charge in [0, 0.05) is 24.2 Å². The molecule has 5 nitrogen and oxygen atoms in total. The SMILES string of the molecule is CC(NC1CCCC(O)C1)c1ccc([N+](=O)[O-])cc1. The van der Waals surface area contributed by atoms with Crippen molar-refractivity contribution in [2.24, 2.45) is 0 Å². The number of non-ortho nitro benzene ring substituents is 1. The second-order valence-corrected chi connectivity index (χ2v) is 5.25. The van der Waals surface area contributed by atoms with E-state index in [-0.39, 0.29) is 22.8 Å². The number of nitro groups is 1. The van der Waals surface area contributed by atoms with Gasteiger partial charge in [-0.3, -0.25) is 10.1 Å². The van der Waals surface area contributed by atoms with Gasteiger partial charge in [-0.1, -0.05) is 12.1 Å². The van der Waals surface area contributed by atoms with E-state index in [0.29, 0.717) is 6.04 Å². The molecule has 1 aromatic rings. The maximum absolute atomic E-state index is 10.6. The molecular weight excluding hydrogens is 244 g/mol. The minimum Gasteiger partial charge on any atom is -0.393 e. The zero-order valence-corrected chi connectivity index (χ0v) is 11.1. The van der Waals surface area contributed by atoms with E-state index < -0.39 is 0 Å². The second-order valence-electron chi connectivity index (χ2n) is 5.25. The van der Waals surface area contributed by atoms with Gasteiger partial charge >= 0.3 is 0 Å². The quantitative estimate of drug-likeness (QED) is 0.647. The van der Waals surface area contributed by atoms with Crippen LogP contribution >= 0.6 is 0 Å². The van der Waals surface area contributed by atoms with Gasteiger partial charge in [-0.25, -0.2) is 0 Å². The fourth-order valence-electron chi connectivity index (χ4n) is 2.65. The molecule has 0 spiro atoms. The third-order valence-corrected chi connectivity index (χ3v) is 3.74. The van der Waals surface area contributed by atoms with Crippen molar-refractivity contribution in [1.82, 2.24) is 5.32 Å². The first kappa shape index (κ1) is 14.0. The number of benzene rings is 1. The molecule has 1 saturated carbocycles. The number of aliphatic hydroxyl groups excluding tert-OH is 1. The first-order valence-corrected chi connectivity index (χ1v) is 6.74. The van der Waals surface area contributed by atoms with Crippen LogP contribution in [0.15, 0.2) is 24.3 Å². The molecule has 2 N–H and O–H groups in total. The Bertz CT molecular complexity index is 433. The number of nitro benzene ring substituents is 1. The molecule has 1 fully saturated rings. The number of rotatable bonds is 4. The van der Waals surface area contributed by atoms with Gasteiger partial charge in [0.25, 0.3) is 5.69 Å². The summed E-state index contributed by atoms with van der Waals surface area (Å²) in [5, 5.41) is 23.7. The van der Waals surface area contributed by atoms with Crippen LogP contribution in [0.3, 0.4) is 0 Å². The second kappa shape index (κ2) is 6.12. The Morgan fingerprint density at radius 2 is 2.05 bits per heavy atom. The minimum atomic E-state index is -0.390. The standard InChI is InChI=1S/C14H20N2O3/c1-10(15-12-3-2-4-14(17)9-12)11-5-7-13(8-6-11)16(18)19/h5-8,10,12,14-15,17H,2-4,9H2,1H3. The van der Waals surface area contributed by atoms with E-state index in [1.165, 1.54) is 12.1 Å². The Morgan fingerprint density at radius 3 is 2.63 bits per heavy atom. The van der Waals surface area contributed by atoms with E-state index in [0.717, 1.165) is 31.2 Å². The number of hydrogen-bond acceptors (Lipinski definition) is 4. The van der Waals surface area contributed by atoms with Gasteiger partial charge in [-0.15, -0.1) is 0 Å². The van der Waals surface area contributed by atoms with Crippen LogP contribution in [0.1, 0.15) is 44.2 Å². The van der Waals surface area contributed by atoms with Crippen LogP contribution in [-0.2, 0) is 0 Å². The molecule has 2 rings (SSSR count). The van der Waals surface area contributed by atoms with Crippen molar-refractivity contribution in [3.05, 3.63) is 39.9 Å². The van der Waals surface area contributed by atoms with Gasteiger partial charge in [0.05, 0.1) is 11.0 Å². The van der Waals surface area contributed by atoms with Crippen molar-refractivity contribution >= 4 is 5.69 Å². The van der Waals surface area contributed by atoms with Gasteiger partial charge in [-0.2, -0.15) is 0 Å². The van der Waals surface area contributed by atoms with E-state index in [1.807, 2.05) is 6.92 Å². The Balaban J connectivity index is 1.95. The Hall–Kier alpha value is -1.46. The topological polar surface area (TPSA) is 75.4 Å².